The van der Waals surface area contributed by atoms with Gasteiger partial charge in [-0.3, -0.25) is 4.79 Å². The molecule has 1 saturated heterocycles. The van der Waals surface area contributed by atoms with Crippen molar-refractivity contribution in [1.82, 2.24) is 14.8 Å². The molecule has 1 aromatic heterocycles. The zero-order valence-corrected chi connectivity index (χ0v) is 16.3. The van der Waals surface area contributed by atoms with Gasteiger partial charge in [-0.2, -0.15) is 0 Å². The SMILES string of the molecule is CCn1cnnc1-c1cccc(NC(=O)C2(CN)CCOCC2)c1.Cl.Cl. The topological polar surface area (TPSA) is 95.1 Å². The van der Waals surface area contributed by atoms with E-state index in [4.69, 9.17) is 10.5 Å². The van der Waals surface area contributed by atoms with E-state index >= 15 is 0 Å². The lowest BCUT2D eigenvalue weighted by atomic mass is 9.79. The maximum Gasteiger partial charge on any atom is 0.232 e. The molecule has 3 rings (SSSR count). The zero-order valence-electron chi connectivity index (χ0n) is 14.7. The molecule has 2 heterocycles. The lowest BCUT2D eigenvalue weighted by molar-refractivity contribution is -0.130. The summed E-state index contributed by atoms with van der Waals surface area (Å²) in [5, 5.41) is 11.1. The van der Waals surface area contributed by atoms with Crippen molar-refractivity contribution < 1.29 is 9.53 Å². The normalized spacial score (nSPS) is 15.5. The van der Waals surface area contributed by atoms with Crippen molar-refractivity contribution >= 4 is 36.4 Å². The van der Waals surface area contributed by atoms with Gasteiger partial charge < -0.3 is 20.4 Å². The number of aryl methyl sites for hydroxylation is 1. The highest BCUT2D eigenvalue weighted by molar-refractivity contribution is 5.96. The number of nitrogens with zero attached hydrogens (tertiary/aromatic N) is 3. The molecule has 1 aromatic carbocycles. The largest absolute Gasteiger partial charge is 0.381 e. The number of carbonyl (C=O) groups excluding carboxylic acids is 1. The van der Waals surface area contributed by atoms with Crippen molar-refractivity contribution in [3.63, 3.8) is 0 Å². The highest BCUT2D eigenvalue weighted by Gasteiger charge is 2.38. The molecular weight excluding hydrogens is 377 g/mol. The summed E-state index contributed by atoms with van der Waals surface area (Å²) in [4.78, 5) is 12.8. The van der Waals surface area contributed by atoms with Crippen LogP contribution in [0.1, 0.15) is 19.8 Å². The minimum absolute atomic E-state index is 0. The first-order chi connectivity index (χ1) is 11.7. The number of carbonyl (C=O) groups is 1. The molecule has 0 unspecified atom stereocenters. The van der Waals surface area contributed by atoms with Crippen molar-refractivity contribution in [3.05, 3.63) is 30.6 Å². The molecule has 0 saturated carbocycles. The van der Waals surface area contributed by atoms with Crippen molar-refractivity contribution in [2.75, 3.05) is 25.1 Å². The Kier molecular flexibility index (Phi) is 8.49. The lowest BCUT2D eigenvalue weighted by Gasteiger charge is -2.34. The highest BCUT2D eigenvalue weighted by Crippen LogP contribution is 2.31. The molecule has 2 aromatic rings. The van der Waals surface area contributed by atoms with E-state index in [2.05, 4.69) is 15.5 Å². The number of halogens is 2. The maximum absolute atomic E-state index is 12.8. The Bertz CT molecular complexity index is 717. The second-order valence-electron chi connectivity index (χ2n) is 6.07. The molecule has 0 aliphatic carbocycles. The van der Waals surface area contributed by atoms with Gasteiger partial charge in [-0.1, -0.05) is 12.1 Å². The van der Waals surface area contributed by atoms with Gasteiger partial charge in [0.05, 0.1) is 5.41 Å². The summed E-state index contributed by atoms with van der Waals surface area (Å²) in [5.74, 6) is 0.746. The van der Waals surface area contributed by atoms with E-state index in [1.54, 1.807) is 6.33 Å². The Morgan fingerprint density at radius 3 is 2.73 bits per heavy atom. The van der Waals surface area contributed by atoms with Crippen molar-refractivity contribution in [3.8, 4) is 11.4 Å². The Labute approximate surface area is 165 Å². The Morgan fingerprint density at radius 1 is 1.35 bits per heavy atom. The summed E-state index contributed by atoms with van der Waals surface area (Å²) in [6.07, 6.45) is 3.00. The quantitative estimate of drug-likeness (QED) is 0.802. The van der Waals surface area contributed by atoms with E-state index in [-0.39, 0.29) is 30.7 Å². The lowest BCUT2D eigenvalue weighted by Crippen LogP contribution is -2.46. The number of ether oxygens (including phenoxy) is 1. The molecule has 0 bridgehead atoms. The van der Waals surface area contributed by atoms with E-state index in [0.717, 1.165) is 23.6 Å². The number of nitrogens with one attached hydrogen (secondary N) is 1. The Balaban J connectivity index is 0.00000169. The molecule has 9 heteroatoms. The van der Waals surface area contributed by atoms with Gasteiger partial charge in [0.15, 0.2) is 5.82 Å². The molecule has 0 radical (unpaired) electrons. The third-order valence-corrected chi connectivity index (χ3v) is 4.66. The van der Waals surface area contributed by atoms with Gasteiger partial charge in [0, 0.05) is 37.6 Å². The van der Waals surface area contributed by atoms with Crippen molar-refractivity contribution in [2.45, 2.75) is 26.3 Å². The number of aromatic nitrogens is 3. The number of benzene rings is 1. The average Bonchev–Trinajstić information content (AvgIpc) is 3.11. The number of rotatable bonds is 5. The molecule has 1 fully saturated rings. The molecule has 0 atom stereocenters. The van der Waals surface area contributed by atoms with Gasteiger partial charge >= 0.3 is 0 Å². The first kappa shape index (κ1) is 22.4. The molecule has 7 nitrogen and oxygen atoms in total. The summed E-state index contributed by atoms with van der Waals surface area (Å²) in [5.41, 5.74) is 7.01. The van der Waals surface area contributed by atoms with Crippen LogP contribution in [-0.4, -0.2) is 40.4 Å². The van der Waals surface area contributed by atoms with Crippen LogP contribution in [0, 0.1) is 5.41 Å². The van der Waals surface area contributed by atoms with E-state index < -0.39 is 5.41 Å². The van der Waals surface area contributed by atoms with Crippen LogP contribution >= 0.6 is 24.8 Å². The minimum atomic E-state index is -0.544. The standard InChI is InChI=1S/C17H23N5O2.2ClH/c1-2-22-12-19-21-15(22)13-4-3-5-14(10-13)20-16(23)17(11-18)6-8-24-9-7-17;;/h3-5,10,12H,2,6-9,11,18H2,1H3,(H,20,23);2*1H. The molecule has 26 heavy (non-hydrogen) atoms. The number of amides is 1. The van der Waals surface area contributed by atoms with E-state index in [1.165, 1.54) is 0 Å². The zero-order chi connectivity index (χ0) is 17.0. The third kappa shape index (κ3) is 4.54. The van der Waals surface area contributed by atoms with Gasteiger partial charge in [-0.25, -0.2) is 0 Å². The van der Waals surface area contributed by atoms with Crippen LogP contribution in [0.25, 0.3) is 11.4 Å². The van der Waals surface area contributed by atoms with E-state index in [0.29, 0.717) is 32.6 Å². The third-order valence-electron chi connectivity index (χ3n) is 4.66. The summed E-state index contributed by atoms with van der Waals surface area (Å²) >= 11 is 0. The van der Waals surface area contributed by atoms with Crippen LogP contribution < -0.4 is 11.1 Å². The molecule has 0 spiro atoms. The second-order valence-corrected chi connectivity index (χ2v) is 6.07. The number of nitrogens with two attached hydrogens (primary N) is 1. The second kappa shape index (κ2) is 9.87. The monoisotopic (exact) mass is 401 g/mol. The molecule has 144 valence electrons. The van der Waals surface area contributed by atoms with Crippen molar-refractivity contribution in [1.29, 1.82) is 0 Å². The Morgan fingerprint density at radius 2 is 2.08 bits per heavy atom. The van der Waals surface area contributed by atoms with Gasteiger partial charge in [-0.05, 0) is 31.9 Å². The smallest absolute Gasteiger partial charge is 0.232 e. The van der Waals surface area contributed by atoms with Crippen molar-refractivity contribution in [2.24, 2.45) is 11.1 Å². The first-order valence-corrected chi connectivity index (χ1v) is 8.26. The fraction of sp³-hybridized carbons (Fsp3) is 0.471. The summed E-state index contributed by atoms with van der Waals surface area (Å²) in [6.45, 7) is 4.30. The van der Waals surface area contributed by atoms with Crippen LogP contribution in [0.5, 0.6) is 0 Å². The Hall–Kier alpha value is -1.67. The van der Waals surface area contributed by atoms with Crippen LogP contribution in [0.3, 0.4) is 0 Å². The average molecular weight is 402 g/mol. The number of hydrogen-bond donors (Lipinski definition) is 2. The molecule has 1 amide bonds. The van der Waals surface area contributed by atoms with E-state index in [9.17, 15) is 4.79 Å². The number of hydrogen-bond acceptors (Lipinski definition) is 5. The minimum Gasteiger partial charge on any atom is -0.381 e. The van der Waals surface area contributed by atoms with E-state index in [1.807, 2.05) is 35.8 Å². The fourth-order valence-corrected chi connectivity index (χ4v) is 3.00. The maximum atomic E-state index is 12.8. The predicted octanol–water partition coefficient (Wildman–Crippen LogP) is 2.50. The summed E-state index contributed by atoms with van der Waals surface area (Å²) in [7, 11) is 0. The fourth-order valence-electron chi connectivity index (χ4n) is 3.00. The first-order valence-electron chi connectivity index (χ1n) is 8.26. The molecule has 1 aliphatic heterocycles. The molecule has 1 aliphatic rings. The molecular formula is C17H25Cl2N5O2. The highest BCUT2D eigenvalue weighted by atomic mass is 35.5. The van der Waals surface area contributed by atoms with Gasteiger partial charge in [0.25, 0.3) is 0 Å². The van der Waals surface area contributed by atoms with Gasteiger partial charge in [0.1, 0.15) is 6.33 Å². The van der Waals surface area contributed by atoms with Crippen LogP contribution in [0.2, 0.25) is 0 Å². The molecule has 3 N–H and O–H groups in total. The number of anilines is 1. The van der Waals surface area contributed by atoms with Crippen LogP contribution in [0.4, 0.5) is 5.69 Å². The van der Waals surface area contributed by atoms with Crippen LogP contribution in [0.15, 0.2) is 30.6 Å². The predicted molar refractivity (Wildman–Crippen MR) is 106 cm³/mol. The summed E-state index contributed by atoms with van der Waals surface area (Å²) < 4.78 is 7.33. The summed E-state index contributed by atoms with van der Waals surface area (Å²) in [6, 6.07) is 7.65. The van der Waals surface area contributed by atoms with Gasteiger partial charge in [0.2, 0.25) is 5.91 Å². The van der Waals surface area contributed by atoms with Crippen LogP contribution in [-0.2, 0) is 16.1 Å². The van der Waals surface area contributed by atoms with Gasteiger partial charge in [-0.15, -0.1) is 35.0 Å².